The molecule has 0 saturated heterocycles. The van der Waals surface area contributed by atoms with Crippen molar-refractivity contribution in [2.45, 2.75) is 166 Å². The van der Waals surface area contributed by atoms with Crippen molar-refractivity contribution in [3.8, 4) is 47.3 Å². The van der Waals surface area contributed by atoms with Crippen LogP contribution in [0.4, 0.5) is 11.4 Å². The molecule has 0 aliphatic carbocycles. The maximum Gasteiger partial charge on any atom is 0.354 e. The zero-order valence-corrected chi connectivity index (χ0v) is 75.3. The third kappa shape index (κ3) is 31.5. The molecule has 0 N–H and O–H groups in total. The highest BCUT2D eigenvalue weighted by Gasteiger charge is 2.26. The van der Waals surface area contributed by atoms with Gasteiger partial charge in [0.2, 0.25) is 0 Å². The molecule has 0 aliphatic rings. The van der Waals surface area contributed by atoms with Crippen LogP contribution in [0.1, 0.15) is 208 Å². The fourth-order valence-electron chi connectivity index (χ4n) is 13.9. The first-order valence-corrected chi connectivity index (χ1v) is 44.4. The molecule has 0 amide bonds. The Morgan fingerprint density at radius 3 is 0.889 bits per heavy atom. The number of esters is 4. The van der Waals surface area contributed by atoms with Crippen LogP contribution in [0.5, 0.6) is 23.0 Å². The second kappa shape index (κ2) is 56.1. The minimum Gasteiger partial charge on any atom is -0.494 e. The second-order valence-electron chi connectivity index (χ2n) is 30.1. The summed E-state index contributed by atoms with van der Waals surface area (Å²) in [6.45, 7) is 28.6. The predicted molar refractivity (Wildman–Crippen MR) is 508 cm³/mol. The number of carbonyl (C=O) groups is 4. The van der Waals surface area contributed by atoms with Crippen LogP contribution in [0.25, 0.3) is 22.3 Å². The number of para-hydroxylation sites is 2. The van der Waals surface area contributed by atoms with Gasteiger partial charge in [0.05, 0.1) is 26.4 Å². The standard InChI is InChI=1S/C30H33N3O2.C28H27NO4.C28H35NO2.C24H27NO2/c1-5-32(6-2)25-18-14-23(15-19-25)29(24-16-20-26(21-17-24)33(7-3)8-4)28(22-31)30(34)35-27-12-10-9-11-13-27;1-3-18-31-23-14-10-21(11-15-23)27(22-12-16-24(17-13-22)32-19-4-2)26(20-29)28(30)33-25-8-6-5-7-9-25;1-4-5-6-7-8-9-10-11-20-31-28(30)26(21-29)27(24-16-12-22(2)13-17-24)25-18-14-23(3)15-19-25;1-3-5-12-19(4-2)18-27-24(26)22(17-25)23(20-13-8-6-9-14-20)21-15-10-7-11-16-21/h9-21H,5-8H2,1-4H3;5-17H,3-4,18-19H2,1-2H3;12-19H,4-11,20H2,1-3H3;6-11,13-16,19H,3-5,12,18H2,1-2H3. The summed E-state index contributed by atoms with van der Waals surface area (Å²) in [7, 11) is 0. The Morgan fingerprint density at radius 1 is 0.294 bits per heavy atom. The molecule has 0 heterocycles. The SMILES string of the molecule is CCCCC(CC)COC(=O)C(C#N)=C(c1ccccc1)c1ccccc1.CCCCCCCCCCOC(=O)C(C#N)=C(c1ccc(C)cc1)c1ccc(C)cc1.CCCOc1ccc(C(=C(C#N)C(=O)Oc2ccccc2)c2ccc(OCCC)cc2)cc1.CCN(CC)c1ccc(C(=C(C#N)C(=O)Oc2ccccc2)c2ccc(N(CC)CC)cc2)cc1. The van der Waals surface area contributed by atoms with E-state index in [0.29, 0.717) is 77.3 Å². The monoisotopic (exact) mass is 1690 g/mol. The molecule has 0 spiro atoms. The van der Waals surface area contributed by atoms with Gasteiger partial charge in [-0.1, -0.05) is 304 Å². The van der Waals surface area contributed by atoms with Gasteiger partial charge in [-0.3, -0.25) is 0 Å². The molecular weight excluding hydrogens is 1570 g/mol. The summed E-state index contributed by atoms with van der Waals surface area (Å²) in [6.07, 6.45) is 15.5. The van der Waals surface area contributed by atoms with Crippen LogP contribution in [-0.4, -0.2) is 76.5 Å². The van der Waals surface area contributed by atoms with Crippen LogP contribution in [0, 0.1) is 65.1 Å². The number of hydrogen-bond acceptors (Lipinski definition) is 16. The van der Waals surface area contributed by atoms with E-state index in [-0.39, 0.29) is 22.3 Å². The lowest BCUT2D eigenvalue weighted by molar-refractivity contribution is -0.140. The minimum absolute atomic E-state index is 0.0277. The zero-order valence-electron chi connectivity index (χ0n) is 75.3. The summed E-state index contributed by atoms with van der Waals surface area (Å²) in [6, 6.07) is 91.4. The predicted octanol–water partition coefficient (Wildman–Crippen LogP) is 25.6. The summed E-state index contributed by atoms with van der Waals surface area (Å²) >= 11 is 0. The molecular formula is C110H122N6O10. The second-order valence-corrected chi connectivity index (χ2v) is 30.1. The Hall–Kier alpha value is -13.8. The highest BCUT2D eigenvalue weighted by molar-refractivity contribution is 6.08. The topological polar surface area (TPSA) is 225 Å². The number of aryl methyl sites for hydroxylation is 2. The van der Waals surface area contributed by atoms with Crippen LogP contribution in [-0.2, 0) is 28.7 Å². The van der Waals surface area contributed by atoms with Crippen molar-refractivity contribution in [2.75, 3.05) is 62.4 Å². The van der Waals surface area contributed by atoms with Gasteiger partial charge in [-0.2, -0.15) is 21.0 Å². The lowest BCUT2D eigenvalue weighted by Gasteiger charge is -2.22. The first kappa shape index (κ1) is 99.3. The van der Waals surface area contributed by atoms with Crippen molar-refractivity contribution in [2.24, 2.45) is 5.92 Å². The molecule has 1 unspecified atom stereocenters. The summed E-state index contributed by atoms with van der Waals surface area (Å²) < 4.78 is 33.4. The zero-order chi connectivity index (χ0) is 90.6. The van der Waals surface area contributed by atoms with Gasteiger partial charge in [0, 0.05) is 59.8 Å². The number of carbonyl (C=O) groups excluding carboxylic acids is 4. The van der Waals surface area contributed by atoms with Crippen molar-refractivity contribution in [1.29, 1.82) is 21.0 Å². The summed E-state index contributed by atoms with van der Waals surface area (Å²) in [5, 5.41) is 39.6. The molecule has 0 aliphatic heterocycles. The summed E-state index contributed by atoms with van der Waals surface area (Å²) in [5.41, 5.74) is 13.1. The van der Waals surface area contributed by atoms with Gasteiger partial charge >= 0.3 is 23.9 Å². The van der Waals surface area contributed by atoms with Crippen LogP contribution < -0.4 is 28.7 Å². The smallest absolute Gasteiger partial charge is 0.354 e. The van der Waals surface area contributed by atoms with Crippen molar-refractivity contribution in [3.05, 3.63) is 345 Å². The molecule has 10 rings (SSSR count). The van der Waals surface area contributed by atoms with Gasteiger partial charge in [0.15, 0.2) is 0 Å². The number of ether oxygens (including phenoxy) is 6. The fourth-order valence-corrected chi connectivity index (χ4v) is 13.9. The van der Waals surface area contributed by atoms with Crippen molar-refractivity contribution >= 4 is 57.5 Å². The Labute approximate surface area is 748 Å². The van der Waals surface area contributed by atoms with E-state index in [1.807, 2.05) is 246 Å². The van der Waals surface area contributed by atoms with Gasteiger partial charge in [-0.25, -0.2) is 19.2 Å². The van der Waals surface area contributed by atoms with Crippen molar-refractivity contribution < 1.29 is 47.6 Å². The highest BCUT2D eigenvalue weighted by atomic mass is 16.5. The molecule has 16 nitrogen and oxygen atoms in total. The maximum atomic E-state index is 13.1. The average Bonchev–Trinajstić information content (AvgIpc) is 0.818. The van der Waals surface area contributed by atoms with Gasteiger partial charge in [0.1, 0.15) is 69.6 Å². The molecule has 0 saturated carbocycles. The first-order valence-electron chi connectivity index (χ1n) is 44.4. The van der Waals surface area contributed by atoms with Gasteiger partial charge < -0.3 is 38.2 Å². The number of hydrogen-bond donors (Lipinski definition) is 0. The lowest BCUT2D eigenvalue weighted by Crippen LogP contribution is -2.21. The summed E-state index contributed by atoms with van der Waals surface area (Å²) in [5.74, 6) is 0.106. The summed E-state index contributed by atoms with van der Waals surface area (Å²) in [4.78, 5) is 56.2. The number of benzene rings is 10. The van der Waals surface area contributed by atoms with E-state index in [1.54, 1.807) is 48.5 Å². The van der Waals surface area contributed by atoms with E-state index >= 15 is 0 Å². The Balaban J connectivity index is 0.000000231. The normalized spacial score (nSPS) is 10.5. The molecule has 0 fully saturated rings. The quantitative estimate of drug-likeness (QED) is 0.0114. The Kier molecular flexibility index (Phi) is 44.2. The van der Waals surface area contributed by atoms with E-state index in [4.69, 9.17) is 28.4 Å². The molecule has 0 radical (unpaired) electrons. The van der Waals surface area contributed by atoms with Crippen LogP contribution >= 0.6 is 0 Å². The van der Waals surface area contributed by atoms with E-state index in [0.717, 1.165) is 145 Å². The number of anilines is 2. The van der Waals surface area contributed by atoms with E-state index < -0.39 is 23.9 Å². The molecule has 1 atom stereocenters. The van der Waals surface area contributed by atoms with Crippen LogP contribution in [0.15, 0.2) is 289 Å². The van der Waals surface area contributed by atoms with Gasteiger partial charge in [-0.15, -0.1) is 0 Å². The molecule has 10 aromatic carbocycles. The molecule has 10 aromatic rings. The third-order valence-electron chi connectivity index (χ3n) is 21.0. The first-order chi connectivity index (χ1) is 61.5. The molecule has 126 heavy (non-hydrogen) atoms. The van der Waals surface area contributed by atoms with Crippen LogP contribution in [0.3, 0.4) is 0 Å². The maximum absolute atomic E-state index is 13.1. The number of rotatable bonds is 41. The van der Waals surface area contributed by atoms with Gasteiger partial charge in [0.25, 0.3) is 0 Å². The molecule has 0 bridgehead atoms. The largest absolute Gasteiger partial charge is 0.494 e. The van der Waals surface area contributed by atoms with E-state index in [9.17, 15) is 40.2 Å². The number of nitrogens with zero attached hydrogens (tertiary/aromatic N) is 6. The number of nitriles is 4. The van der Waals surface area contributed by atoms with Crippen molar-refractivity contribution in [1.82, 2.24) is 0 Å². The average molecular weight is 1690 g/mol. The molecule has 652 valence electrons. The number of unbranched alkanes of at least 4 members (excludes halogenated alkanes) is 8. The third-order valence-corrected chi connectivity index (χ3v) is 21.0. The van der Waals surface area contributed by atoms with E-state index in [2.05, 4.69) is 82.5 Å². The Morgan fingerprint density at radius 2 is 0.579 bits per heavy atom. The fraction of sp³-hybridized carbons (Fsp3) is 0.309. The van der Waals surface area contributed by atoms with Gasteiger partial charge in [-0.05, 0) is 190 Å². The minimum atomic E-state index is -0.712. The van der Waals surface area contributed by atoms with Crippen LogP contribution in [0.2, 0.25) is 0 Å². The lowest BCUT2D eigenvalue weighted by atomic mass is 9.92. The van der Waals surface area contributed by atoms with E-state index in [1.165, 1.54) is 38.5 Å². The molecule has 0 aromatic heterocycles. The Bertz CT molecular complexity index is 5090. The molecule has 16 heteroatoms. The van der Waals surface area contributed by atoms with Crippen molar-refractivity contribution in [3.63, 3.8) is 0 Å². The highest BCUT2D eigenvalue weighted by Crippen LogP contribution is 2.36.